The van der Waals surface area contributed by atoms with E-state index in [4.69, 9.17) is 10.7 Å². The van der Waals surface area contributed by atoms with Gasteiger partial charge in [-0.15, -0.1) is 0 Å². The molecule has 0 heterocycles. The van der Waals surface area contributed by atoms with E-state index in [0.717, 1.165) is 16.0 Å². The van der Waals surface area contributed by atoms with Crippen molar-refractivity contribution in [3.05, 3.63) is 108 Å². The van der Waals surface area contributed by atoms with Gasteiger partial charge in [0.05, 0.1) is 0 Å². The molecule has 0 saturated heterocycles. The molecule has 0 bridgehead atoms. The lowest BCUT2D eigenvalue weighted by atomic mass is 9.95. The summed E-state index contributed by atoms with van der Waals surface area (Å²) in [5.41, 5.74) is 4.62. The van der Waals surface area contributed by atoms with Crippen molar-refractivity contribution in [3.8, 4) is 0 Å². The summed E-state index contributed by atoms with van der Waals surface area (Å²) in [5, 5.41) is 0. The molecule has 0 fully saturated rings. The number of hydrogen-bond acceptors (Lipinski definition) is 1. The Labute approximate surface area is 140 Å². The van der Waals surface area contributed by atoms with Crippen LogP contribution < -0.4 is 0 Å². The van der Waals surface area contributed by atoms with Crippen molar-refractivity contribution >= 4 is 32.1 Å². The molecule has 0 spiro atoms. The summed E-state index contributed by atoms with van der Waals surface area (Å²) < 4.78 is 0. The molecule has 0 aliphatic heterocycles. The summed E-state index contributed by atoms with van der Waals surface area (Å²) >= 11 is 0. The molecule has 0 radical (unpaired) electrons. The Morgan fingerprint density at radius 2 is 0.909 bits per heavy atom. The molecule has 0 atom stereocenters. The second-order valence-electron chi connectivity index (χ2n) is 4.88. The molecular formula is C20H15ClS. The van der Waals surface area contributed by atoms with Crippen LogP contribution in [0.25, 0.3) is 10.5 Å². The summed E-state index contributed by atoms with van der Waals surface area (Å²) in [6.07, 6.45) is 0. The molecule has 3 aromatic rings. The Kier molecular flexibility index (Phi) is 4.99. The third-order valence-corrected chi connectivity index (χ3v) is 4.52. The molecule has 0 aliphatic rings. The van der Waals surface area contributed by atoms with Gasteiger partial charge in [0.15, 0.2) is 0 Å². The highest BCUT2D eigenvalue weighted by Crippen LogP contribution is 2.40. The van der Waals surface area contributed by atoms with Crippen molar-refractivity contribution in [2.45, 2.75) is 0 Å². The Morgan fingerprint density at radius 3 is 1.27 bits per heavy atom. The van der Waals surface area contributed by atoms with Crippen molar-refractivity contribution in [2.75, 3.05) is 0 Å². The van der Waals surface area contributed by atoms with Gasteiger partial charge >= 0.3 is 0 Å². The summed E-state index contributed by atoms with van der Waals surface area (Å²) in [7, 11) is 7.53. The number of halogens is 1. The monoisotopic (exact) mass is 322 g/mol. The molecule has 0 unspecified atom stereocenters. The quantitative estimate of drug-likeness (QED) is 0.495. The number of rotatable bonds is 4. The van der Waals surface area contributed by atoms with Gasteiger partial charge in [0.1, 0.15) is 0 Å². The molecule has 3 rings (SSSR count). The topological polar surface area (TPSA) is 0 Å². The van der Waals surface area contributed by atoms with Crippen LogP contribution in [0.2, 0.25) is 0 Å². The second kappa shape index (κ2) is 7.35. The predicted octanol–water partition coefficient (Wildman–Crippen LogP) is 6.49. The first kappa shape index (κ1) is 15.0. The highest BCUT2D eigenvalue weighted by atomic mass is 35.7. The van der Waals surface area contributed by atoms with Crippen LogP contribution in [0.3, 0.4) is 0 Å². The predicted molar refractivity (Wildman–Crippen MR) is 98.7 cm³/mol. The van der Waals surface area contributed by atoms with Gasteiger partial charge in [-0.1, -0.05) is 91.0 Å². The zero-order chi connectivity index (χ0) is 15.2. The average molecular weight is 323 g/mol. The smallest absolute Gasteiger partial charge is 0.0390 e. The number of hydrogen-bond donors (Lipinski definition) is 0. The molecule has 2 heteroatoms. The zero-order valence-corrected chi connectivity index (χ0v) is 13.5. The minimum Gasteiger partial charge on any atom is -0.0622 e. The largest absolute Gasteiger partial charge is 0.0622 e. The highest BCUT2D eigenvalue weighted by Gasteiger charge is 2.13. The molecule has 0 aromatic heterocycles. The fourth-order valence-corrected chi connectivity index (χ4v) is 3.49. The maximum atomic E-state index is 6.26. The van der Waals surface area contributed by atoms with E-state index in [9.17, 15) is 0 Å². The fourth-order valence-electron chi connectivity index (χ4n) is 2.46. The van der Waals surface area contributed by atoms with Crippen LogP contribution in [0.15, 0.2) is 91.0 Å². The van der Waals surface area contributed by atoms with Crippen molar-refractivity contribution in [3.63, 3.8) is 0 Å². The van der Waals surface area contributed by atoms with Gasteiger partial charge in [-0.2, -0.15) is 0 Å². The number of benzene rings is 3. The van der Waals surface area contributed by atoms with E-state index >= 15 is 0 Å². The molecule has 0 saturated carbocycles. The van der Waals surface area contributed by atoms with Crippen LogP contribution in [0.1, 0.15) is 16.7 Å². The molecule has 0 nitrogen and oxygen atoms in total. The van der Waals surface area contributed by atoms with Gasteiger partial charge in [-0.25, -0.2) is 0 Å². The third-order valence-electron chi connectivity index (χ3n) is 3.47. The van der Waals surface area contributed by atoms with E-state index in [1.54, 1.807) is 0 Å². The van der Waals surface area contributed by atoms with E-state index in [-0.39, 0.29) is 0 Å². The van der Waals surface area contributed by atoms with E-state index in [2.05, 4.69) is 60.7 Å². The van der Waals surface area contributed by atoms with Crippen molar-refractivity contribution in [2.24, 2.45) is 0 Å². The summed E-state index contributed by atoms with van der Waals surface area (Å²) in [4.78, 5) is 1.07. The van der Waals surface area contributed by atoms with Gasteiger partial charge in [0, 0.05) is 10.5 Å². The van der Waals surface area contributed by atoms with Gasteiger partial charge in [-0.05, 0) is 38.3 Å². The Hall–Kier alpha value is -1.96. The molecular weight excluding hydrogens is 308 g/mol. The van der Waals surface area contributed by atoms with E-state index in [1.807, 2.05) is 30.3 Å². The Balaban J connectivity index is 2.27. The SMILES string of the molecule is ClSC(=C(c1ccccc1)c1ccccc1)c1ccccc1. The maximum absolute atomic E-state index is 6.26. The minimum absolute atomic E-state index is 1.07. The molecule has 0 aliphatic carbocycles. The van der Waals surface area contributed by atoms with Crippen molar-refractivity contribution in [1.29, 1.82) is 0 Å². The lowest BCUT2D eigenvalue weighted by Gasteiger charge is -2.14. The summed E-state index contributed by atoms with van der Waals surface area (Å²) in [6, 6.07) is 31.1. The van der Waals surface area contributed by atoms with Crippen LogP contribution in [0, 0.1) is 0 Å². The van der Waals surface area contributed by atoms with Crippen LogP contribution in [0.4, 0.5) is 0 Å². The summed E-state index contributed by atoms with van der Waals surface area (Å²) in [6.45, 7) is 0. The second-order valence-corrected chi connectivity index (χ2v) is 5.90. The normalized spacial score (nSPS) is 10.2. The first-order chi connectivity index (χ1) is 10.9. The van der Waals surface area contributed by atoms with Crippen molar-refractivity contribution in [1.82, 2.24) is 0 Å². The van der Waals surface area contributed by atoms with E-state index in [1.165, 1.54) is 22.1 Å². The Morgan fingerprint density at radius 1 is 0.545 bits per heavy atom. The standard InChI is InChI=1S/C20H15ClS/c21-22-20(18-14-8-3-9-15-18)19(16-10-4-1-5-11-16)17-12-6-2-7-13-17/h1-15H. The summed E-state index contributed by atoms with van der Waals surface area (Å²) in [5.74, 6) is 0. The van der Waals surface area contributed by atoms with E-state index < -0.39 is 0 Å². The van der Waals surface area contributed by atoms with Gasteiger partial charge in [-0.3, -0.25) is 0 Å². The molecule has 0 amide bonds. The molecule has 108 valence electrons. The molecule has 0 N–H and O–H groups in total. The van der Waals surface area contributed by atoms with Crippen LogP contribution in [-0.4, -0.2) is 0 Å². The van der Waals surface area contributed by atoms with Gasteiger partial charge in [0.2, 0.25) is 0 Å². The molecule has 22 heavy (non-hydrogen) atoms. The van der Waals surface area contributed by atoms with Gasteiger partial charge < -0.3 is 0 Å². The first-order valence-corrected chi connectivity index (χ1v) is 8.73. The highest BCUT2D eigenvalue weighted by molar-refractivity contribution is 8.28. The van der Waals surface area contributed by atoms with Gasteiger partial charge in [0.25, 0.3) is 0 Å². The average Bonchev–Trinajstić information content (AvgIpc) is 2.62. The van der Waals surface area contributed by atoms with E-state index in [0.29, 0.717) is 0 Å². The maximum Gasteiger partial charge on any atom is 0.0390 e. The fraction of sp³-hybridized carbons (Fsp3) is 0. The van der Waals surface area contributed by atoms with Crippen molar-refractivity contribution < 1.29 is 0 Å². The van der Waals surface area contributed by atoms with Crippen LogP contribution >= 0.6 is 21.7 Å². The third kappa shape index (κ3) is 3.27. The minimum atomic E-state index is 1.07. The van der Waals surface area contributed by atoms with Crippen LogP contribution in [0.5, 0.6) is 0 Å². The Bertz CT molecular complexity index is 708. The van der Waals surface area contributed by atoms with Crippen LogP contribution in [-0.2, 0) is 0 Å². The first-order valence-electron chi connectivity index (χ1n) is 7.09. The zero-order valence-electron chi connectivity index (χ0n) is 11.9. The molecule has 3 aromatic carbocycles. The lowest BCUT2D eigenvalue weighted by molar-refractivity contribution is 1.55. The lowest BCUT2D eigenvalue weighted by Crippen LogP contribution is -1.92.